The lowest BCUT2D eigenvalue weighted by atomic mass is 10.2. The molecule has 1 amide bonds. The van der Waals surface area contributed by atoms with Crippen LogP contribution in [0.3, 0.4) is 0 Å². The van der Waals surface area contributed by atoms with Gasteiger partial charge in [0.2, 0.25) is 11.0 Å². The third-order valence-electron chi connectivity index (χ3n) is 2.92. The molecule has 2 rings (SSSR count). The molecule has 1 aromatic heterocycles. The molecule has 0 aliphatic rings. The molecule has 2 aromatic rings. The molecule has 0 aliphatic carbocycles. The molecule has 24 heavy (non-hydrogen) atoms. The fourth-order valence-corrected chi connectivity index (χ4v) is 2.45. The summed E-state index contributed by atoms with van der Waals surface area (Å²) in [7, 11) is 4.59. The second kappa shape index (κ2) is 8.11. The van der Waals surface area contributed by atoms with Crippen molar-refractivity contribution in [2.75, 3.05) is 27.1 Å². The highest BCUT2D eigenvalue weighted by Gasteiger charge is 2.11. The zero-order valence-electron chi connectivity index (χ0n) is 13.4. The molecule has 0 saturated carbocycles. The molecule has 0 atom stereocenters. The predicted molar refractivity (Wildman–Crippen MR) is 89.9 cm³/mol. The van der Waals surface area contributed by atoms with Gasteiger partial charge >= 0.3 is 0 Å². The van der Waals surface area contributed by atoms with Crippen LogP contribution in [0.5, 0.6) is 17.2 Å². The van der Waals surface area contributed by atoms with Gasteiger partial charge in [0.1, 0.15) is 10.8 Å². The molecule has 0 unspecified atom stereocenters. The van der Waals surface area contributed by atoms with Gasteiger partial charge in [0.15, 0.2) is 11.5 Å². The Morgan fingerprint density at radius 1 is 1.21 bits per heavy atom. The topological polar surface area (TPSA) is 121 Å². The van der Waals surface area contributed by atoms with Gasteiger partial charge < -0.3 is 19.9 Å². The number of carbonyl (C=O) groups is 1. The molecule has 0 spiro atoms. The summed E-state index contributed by atoms with van der Waals surface area (Å²) in [4.78, 5) is 11.8. The number of aromatic nitrogens is 2. The maximum Gasteiger partial charge on any atom is 0.247 e. The number of methoxy groups -OCH3 is 3. The zero-order valence-corrected chi connectivity index (χ0v) is 14.2. The van der Waals surface area contributed by atoms with Crippen molar-refractivity contribution in [3.05, 3.63) is 22.7 Å². The Kier molecular flexibility index (Phi) is 5.90. The van der Waals surface area contributed by atoms with E-state index in [0.29, 0.717) is 33.0 Å². The number of hydrazone groups is 1. The molecular formula is C14H17N5O4S. The van der Waals surface area contributed by atoms with Crippen molar-refractivity contribution >= 4 is 28.6 Å². The summed E-state index contributed by atoms with van der Waals surface area (Å²) in [6.07, 6.45) is 1.50. The molecule has 3 N–H and O–H groups in total. The highest BCUT2D eigenvalue weighted by molar-refractivity contribution is 7.15. The van der Waals surface area contributed by atoms with E-state index < -0.39 is 0 Å². The summed E-state index contributed by atoms with van der Waals surface area (Å²) < 4.78 is 15.7. The van der Waals surface area contributed by atoms with E-state index in [2.05, 4.69) is 20.7 Å². The predicted octanol–water partition coefficient (Wildman–Crippen LogP) is 0.839. The Morgan fingerprint density at radius 2 is 1.88 bits per heavy atom. The lowest BCUT2D eigenvalue weighted by molar-refractivity contribution is -0.120. The number of nitrogen functional groups attached to an aromatic ring is 1. The molecule has 9 nitrogen and oxygen atoms in total. The van der Waals surface area contributed by atoms with Gasteiger partial charge in [-0.2, -0.15) is 5.10 Å². The van der Waals surface area contributed by atoms with Crippen LogP contribution in [0.4, 0.5) is 5.13 Å². The molecule has 128 valence electrons. The maximum atomic E-state index is 11.8. The fraction of sp³-hybridized carbons (Fsp3) is 0.286. The average molecular weight is 351 g/mol. The Balaban J connectivity index is 2.06. The van der Waals surface area contributed by atoms with Crippen molar-refractivity contribution in [1.82, 2.24) is 15.6 Å². The number of nitrogens with two attached hydrogens (primary N) is 1. The Labute approximate surface area is 142 Å². The van der Waals surface area contributed by atoms with Crippen LogP contribution < -0.4 is 25.4 Å². The molecular weight excluding hydrogens is 334 g/mol. The molecule has 0 bridgehead atoms. The van der Waals surface area contributed by atoms with Crippen LogP contribution in [-0.2, 0) is 11.2 Å². The molecule has 1 heterocycles. The highest BCUT2D eigenvalue weighted by Crippen LogP contribution is 2.33. The smallest absolute Gasteiger partial charge is 0.247 e. The minimum atomic E-state index is -0.332. The van der Waals surface area contributed by atoms with E-state index >= 15 is 0 Å². The van der Waals surface area contributed by atoms with Crippen LogP contribution >= 0.6 is 11.3 Å². The van der Waals surface area contributed by atoms with Crippen molar-refractivity contribution in [3.8, 4) is 17.2 Å². The largest absolute Gasteiger partial charge is 0.496 e. The third-order valence-corrected chi connectivity index (χ3v) is 3.68. The van der Waals surface area contributed by atoms with Gasteiger partial charge in [-0.15, -0.1) is 10.2 Å². The Bertz CT molecular complexity index is 747. The van der Waals surface area contributed by atoms with Crippen LogP contribution in [-0.4, -0.2) is 43.6 Å². The number of anilines is 1. The first-order valence-corrected chi connectivity index (χ1v) is 7.58. The number of ether oxygens (including phenoxy) is 3. The van der Waals surface area contributed by atoms with Gasteiger partial charge in [-0.3, -0.25) is 4.79 Å². The molecule has 0 saturated heterocycles. The van der Waals surface area contributed by atoms with Crippen LogP contribution in [0.1, 0.15) is 10.6 Å². The third kappa shape index (κ3) is 4.32. The summed E-state index contributed by atoms with van der Waals surface area (Å²) >= 11 is 1.15. The Hall–Kier alpha value is -2.88. The summed E-state index contributed by atoms with van der Waals surface area (Å²) in [6.45, 7) is 0. The normalized spacial score (nSPS) is 10.6. The molecule has 0 aliphatic heterocycles. The molecule has 0 radical (unpaired) electrons. The van der Waals surface area contributed by atoms with Gasteiger partial charge in [0, 0.05) is 11.6 Å². The lowest BCUT2D eigenvalue weighted by Crippen LogP contribution is -2.19. The van der Waals surface area contributed by atoms with E-state index in [0.717, 1.165) is 11.3 Å². The number of amides is 1. The van der Waals surface area contributed by atoms with Crippen molar-refractivity contribution in [1.29, 1.82) is 0 Å². The van der Waals surface area contributed by atoms with Crippen LogP contribution in [0.2, 0.25) is 0 Å². The fourth-order valence-electron chi connectivity index (χ4n) is 1.84. The second-order valence-electron chi connectivity index (χ2n) is 4.45. The first-order valence-electron chi connectivity index (χ1n) is 6.77. The lowest BCUT2D eigenvalue weighted by Gasteiger charge is -2.11. The highest BCUT2D eigenvalue weighted by atomic mass is 32.1. The quantitative estimate of drug-likeness (QED) is 0.560. The number of hydrogen-bond acceptors (Lipinski definition) is 9. The van der Waals surface area contributed by atoms with Gasteiger partial charge in [-0.05, 0) is 6.07 Å². The van der Waals surface area contributed by atoms with Crippen molar-refractivity contribution in [3.63, 3.8) is 0 Å². The van der Waals surface area contributed by atoms with E-state index in [4.69, 9.17) is 19.9 Å². The first kappa shape index (κ1) is 17.5. The van der Waals surface area contributed by atoms with Crippen LogP contribution in [0.25, 0.3) is 0 Å². The minimum Gasteiger partial charge on any atom is -0.496 e. The monoisotopic (exact) mass is 351 g/mol. The maximum absolute atomic E-state index is 11.8. The van der Waals surface area contributed by atoms with Crippen LogP contribution in [0, 0.1) is 0 Å². The van der Waals surface area contributed by atoms with Gasteiger partial charge in [0.05, 0.1) is 34.0 Å². The number of nitrogens with one attached hydrogen (secondary N) is 1. The summed E-state index contributed by atoms with van der Waals surface area (Å²) in [5.74, 6) is 1.25. The standard InChI is InChI=1S/C14H17N5O4S/c1-21-9-5-11(23-3)10(22-2)4-8(9)7-16-17-12(20)6-13-18-19-14(15)24-13/h4-5,7H,6H2,1-3H3,(H2,15,19)(H,17,20)/b16-7+. The first-order chi connectivity index (χ1) is 11.6. The van der Waals surface area contributed by atoms with Crippen molar-refractivity contribution < 1.29 is 19.0 Å². The summed E-state index contributed by atoms with van der Waals surface area (Å²) in [6, 6.07) is 3.37. The van der Waals surface area contributed by atoms with Gasteiger partial charge in [-0.25, -0.2) is 5.43 Å². The number of benzene rings is 1. The van der Waals surface area contributed by atoms with E-state index in [1.165, 1.54) is 27.5 Å². The van der Waals surface area contributed by atoms with E-state index in [-0.39, 0.29) is 12.3 Å². The van der Waals surface area contributed by atoms with E-state index in [1.54, 1.807) is 12.1 Å². The SMILES string of the molecule is COc1cc(OC)c(OC)cc1/C=N/NC(=O)Cc1nnc(N)s1. The second-order valence-corrected chi connectivity index (χ2v) is 5.55. The number of carbonyl (C=O) groups excluding carboxylic acids is 1. The Morgan fingerprint density at radius 3 is 2.46 bits per heavy atom. The minimum absolute atomic E-state index is 0.0509. The number of nitrogens with zero attached hydrogens (tertiary/aromatic N) is 3. The van der Waals surface area contributed by atoms with Gasteiger partial charge in [0.25, 0.3) is 0 Å². The van der Waals surface area contributed by atoms with Crippen molar-refractivity contribution in [2.45, 2.75) is 6.42 Å². The zero-order chi connectivity index (χ0) is 17.5. The van der Waals surface area contributed by atoms with E-state index in [9.17, 15) is 4.79 Å². The average Bonchev–Trinajstić information content (AvgIpc) is 2.98. The molecule has 1 aromatic carbocycles. The molecule has 10 heteroatoms. The summed E-state index contributed by atoms with van der Waals surface area (Å²) in [5.41, 5.74) is 8.49. The number of rotatable bonds is 7. The molecule has 0 fully saturated rings. The number of hydrogen-bond donors (Lipinski definition) is 2. The summed E-state index contributed by atoms with van der Waals surface area (Å²) in [5, 5.41) is 12.2. The van der Waals surface area contributed by atoms with Crippen molar-refractivity contribution in [2.24, 2.45) is 5.10 Å². The van der Waals surface area contributed by atoms with E-state index in [1.807, 2.05) is 0 Å². The van der Waals surface area contributed by atoms with Crippen LogP contribution in [0.15, 0.2) is 17.2 Å². The van der Waals surface area contributed by atoms with Gasteiger partial charge in [-0.1, -0.05) is 11.3 Å².